The lowest BCUT2D eigenvalue weighted by Crippen LogP contribution is -2.29. The Hall–Kier alpha value is -1.53. The van der Waals surface area contributed by atoms with E-state index in [2.05, 4.69) is 43.4 Å². The van der Waals surface area contributed by atoms with Gasteiger partial charge >= 0.3 is 0 Å². The Kier molecular flexibility index (Phi) is 3.58. The average Bonchev–Trinajstić information content (AvgIpc) is 3.18. The molecule has 0 aromatic carbocycles. The maximum atomic E-state index is 4.52. The van der Waals surface area contributed by atoms with Crippen LogP contribution in [0.1, 0.15) is 16.8 Å². The minimum atomic E-state index is 0.765. The summed E-state index contributed by atoms with van der Waals surface area (Å²) in [5, 5.41) is 2.16. The van der Waals surface area contributed by atoms with Crippen LogP contribution in [-0.4, -0.2) is 45.4 Å². The van der Waals surface area contributed by atoms with Gasteiger partial charge in [-0.25, -0.2) is 14.3 Å². The normalized spacial score (nSPS) is 24.9. The van der Waals surface area contributed by atoms with Crippen LogP contribution in [0, 0.1) is 25.7 Å². The Labute approximate surface area is 135 Å². The Morgan fingerprint density at radius 1 is 1.14 bits per heavy atom. The number of nitrogens with zero attached hydrogens (tertiary/aromatic N) is 5. The van der Waals surface area contributed by atoms with Crippen LogP contribution in [0.25, 0.3) is 0 Å². The molecule has 2 atom stereocenters. The molecule has 0 N–H and O–H groups in total. The maximum Gasteiger partial charge on any atom is 0.135 e. The predicted octanol–water partition coefficient (Wildman–Crippen LogP) is 2.12. The molecule has 2 aromatic heterocycles. The molecule has 0 spiro atoms. The van der Waals surface area contributed by atoms with E-state index >= 15 is 0 Å². The molecule has 2 aliphatic heterocycles. The van der Waals surface area contributed by atoms with Crippen LogP contribution in [-0.2, 0) is 6.54 Å². The highest BCUT2D eigenvalue weighted by atomic mass is 32.1. The first kappa shape index (κ1) is 14.1. The fourth-order valence-electron chi connectivity index (χ4n) is 3.80. The summed E-state index contributed by atoms with van der Waals surface area (Å²) in [5.74, 6) is 2.66. The molecule has 22 heavy (non-hydrogen) atoms. The monoisotopic (exact) mass is 315 g/mol. The molecule has 0 bridgehead atoms. The fourth-order valence-corrected chi connectivity index (χ4v) is 4.33. The van der Waals surface area contributed by atoms with Gasteiger partial charge in [0.25, 0.3) is 0 Å². The second kappa shape index (κ2) is 5.59. The van der Waals surface area contributed by atoms with Gasteiger partial charge in [-0.3, -0.25) is 4.90 Å². The second-order valence-electron chi connectivity index (χ2n) is 6.56. The molecule has 4 rings (SSSR count). The van der Waals surface area contributed by atoms with E-state index in [0.717, 1.165) is 43.0 Å². The molecule has 6 heteroatoms. The quantitative estimate of drug-likeness (QED) is 0.868. The van der Waals surface area contributed by atoms with Crippen molar-refractivity contribution < 1.29 is 0 Å². The molecule has 0 aliphatic carbocycles. The van der Waals surface area contributed by atoms with Crippen LogP contribution >= 0.6 is 11.5 Å². The summed E-state index contributed by atoms with van der Waals surface area (Å²) in [6.45, 7) is 9.89. The molecule has 2 fully saturated rings. The van der Waals surface area contributed by atoms with Crippen molar-refractivity contribution in [2.75, 3.05) is 31.1 Å². The molecular weight excluding hydrogens is 294 g/mol. The third kappa shape index (κ3) is 2.50. The smallest absolute Gasteiger partial charge is 0.135 e. The number of aryl methyl sites for hydroxylation is 1. The zero-order chi connectivity index (χ0) is 15.1. The van der Waals surface area contributed by atoms with Crippen molar-refractivity contribution in [3.05, 3.63) is 34.7 Å². The number of fused-ring (bicyclic) bond motifs is 1. The van der Waals surface area contributed by atoms with E-state index < -0.39 is 0 Å². The first-order valence-corrected chi connectivity index (χ1v) is 8.68. The van der Waals surface area contributed by atoms with E-state index in [1.165, 1.54) is 24.2 Å². The Balaban J connectivity index is 1.42. The number of aromatic nitrogens is 3. The first-order valence-electron chi connectivity index (χ1n) is 7.84. The van der Waals surface area contributed by atoms with E-state index in [-0.39, 0.29) is 0 Å². The van der Waals surface area contributed by atoms with Gasteiger partial charge in [0, 0.05) is 55.6 Å². The predicted molar refractivity (Wildman–Crippen MR) is 88.1 cm³/mol. The molecule has 2 saturated heterocycles. The van der Waals surface area contributed by atoms with Gasteiger partial charge in [0.05, 0.1) is 0 Å². The number of hydrogen-bond acceptors (Lipinski definition) is 6. The second-order valence-corrected chi connectivity index (χ2v) is 7.22. The van der Waals surface area contributed by atoms with E-state index in [4.69, 9.17) is 0 Å². The Morgan fingerprint density at radius 3 is 2.59 bits per heavy atom. The summed E-state index contributed by atoms with van der Waals surface area (Å²) < 4.78 is 4.20. The van der Waals surface area contributed by atoms with Gasteiger partial charge in [-0.15, -0.1) is 0 Å². The summed E-state index contributed by atoms with van der Waals surface area (Å²) in [5.41, 5.74) is 3.67. The highest BCUT2D eigenvalue weighted by Crippen LogP contribution is 2.35. The van der Waals surface area contributed by atoms with E-state index in [0.29, 0.717) is 0 Å². The van der Waals surface area contributed by atoms with E-state index in [9.17, 15) is 0 Å². The SMILES string of the molecule is Cc1ncnc(N2CC3CN(Cc4cnsc4)CC3C2)c1C. The molecule has 0 saturated carbocycles. The van der Waals surface area contributed by atoms with Crippen LogP contribution in [0.3, 0.4) is 0 Å². The lowest BCUT2D eigenvalue weighted by molar-refractivity contribution is 0.309. The van der Waals surface area contributed by atoms with E-state index in [1.54, 1.807) is 17.9 Å². The van der Waals surface area contributed by atoms with Gasteiger partial charge in [0.15, 0.2) is 0 Å². The summed E-state index contributed by atoms with van der Waals surface area (Å²) in [4.78, 5) is 13.8. The molecule has 0 amide bonds. The molecule has 0 radical (unpaired) electrons. The number of hydrogen-bond donors (Lipinski definition) is 0. The van der Waals surface area contributed by atoms with Crippen LogP contribution < -0.4 is 4.90 Å². The van der Waals surface area contributed by atoms with Crippen LogP contribution in [0.2, 0.25) is 0 Å². The summed E-state index contributed by atoms with van der Waals surface area (Å²) in [6.07, 6.45) is 3.69. The van der Waals surface area contributed by atoms with Crippen molar-refractivity contribution in [3.63, 3.8) is 0 Å². The molecular formula is C16H21N5S. The lowest BCUT2D eigenvalue weighted by atomic mass is 10.0. The van der Waals surface area contributed by atoms with Crippen molar-refractivity contribution in [1.82, 2.24) is 19.2 Å². The summed E-state index contributed by atoms with van der Waals surface area (Å²) in [7, 11) is 0. The van der Waals surface area contributed by atoms with Crippen molar-refractivity contribution in [2.45, 2.75) is 20.4 Å². The van der Waals surface area contributed by atoms with Crippen LogP contribution in [0.15, 0.2) is 17.9 Å². The van der Waals surface area contributed by atoms with Crippen LogP contribution in [0.4, 0.5) is 5.82 Å². The topological polar surface area (TPSA) is 45.2 Å². The summed E-state index contributed by atoms with van der Waals surface area (Å²) in [6, 6.07) is 0. The zero-order valence-corrected chi connectivity index (χ0v) is 13.9. The molecule has 2 aromatic rings. The van der Waals surface area contributed by atoms with Crippen LogP contribution in [0.5, 0.6) is 0 Å². The van der Waals surface area contributed by atoms with E-state index in [1.807, 2.05) is 6.20 Å². The van der Waals surface area contributed by atoms with Gasteiger partial charge in [-0.1, -0.05) is 0 Å². The number of anilines is 1. The Bertz CT molecular complexity index is 643. The number of likely N-dealkylation sites (tertiary alicyclic amines) is 1. The highest BCUT2D eigenvalue weighted by Gasteiger charge is 2.40. The van der Waals surface area contributed by atoms with Gasteiger partial charge in [0.2, 0.25) is 0 Å². The third-order valence-electron chi connectivity index (χ3n) is 5.06. The van der Waals surface area contributed by atoms with Crippen molar-refractivity contribution in [2.24, 2.45) is 11.8 Å². The molecule has 116 valence electrons. The zero-order valence-electron chi connectivity index (χ0n) is 13.1. The maximum absolute atomic E-state index is 4.52. The van der Waals surface area contributed by atoms with Crippen molar-refractivity contribution in [1.29, 1.82) is 0 Å². The third-order valence-corrected chi connectivity index (χ3v) is 5.70. The largest absolute Gasteiger partial charge is 0.356 e. The van der Waals surface area contributed by atoms with Crippen molar-refractivity contribution in [3.8, 4) is 0 Å². The molecule has 2 aliphatic rings. The minimum Gasteiger partial charge on any atom is -0.356 e. The lowest BCUT2D eigenvalue weighted by Gasteiger charge is -2.23. The van der Waals surface area contributed by atoms with Gasteiger partial charge < -0.3 is 4.90 Å². The first-order chi connectivity index (χ1) is 10.7. The van der Waals surface area contributed by atoms with Gasteiger partial charge in [-0.05, 0) is 42.8 Å². The average molecular weight is 315 g/mol. The Morgan fingerprint density at radius 2 is 1.91 bits per heavy atom. The van der Waals surface area contributed by atoms with Crippen molar-refractivity contribution >= 4 is 17.4 Å². The summed E-state index contributed by atoms with van der Waals surface area (Å²) >= 11 is 1.55. The molecule has 4 heterocycles. The van der Waals surface area contributed by atoms with Gasteiger partial charge in [0.1, 0.15) is 12.1 Å². The molecule has 5 nitrogen and oxygen atoms in total. The standard InChI is InChI=1S/C16H21N5S/c1-11-12(2)17-10-18-16(11)21-7-14-5-20(6-15(14)8-21)4-13-3-19-22-9-13/h3,9-10,14-15H,4-8H2,1-2H3. The molecule has 2 unspecified atom stereocenters. The fraction of sp³-hybridized carbons (Fsp3) is 0.562. The number of rotatable bonds is 3. The highest BCUT2D eigenvalue weighted by molar-refractivity contribution is 7.03. The van der Waals surface area contributed by atoms with Gasteiger partial charge in [-0.2, -0.15) is 0 Å². The minimum absolute atomic E-state index is 0.765.